The van der Waals surface area contributed by atoms with Crippen LogP contribution in [0.2, 0.25) is 5.02 Å². The number of anilines is 2. The maximum Gasteiger partial charge on any atom is 0.216 e. The number of ether oxygens (including phenoxy) is 3. The van der Waals surface area contributed by atoms with Crippen molar-refractivity contribution < 1.29 is 27.0 Å². The summed E-state index contributed by atoms with van der Waals surface area (Å²) in [5.74, 6) is 0.512. The Bertz CT molecular complexity index is 1230. The summed E-state index contributed by atoms with van der Waals surface area (Å²) >= 11 is 5.81. The molecule has 33 heavy (non-hydrogen) atoms. The highest BCUT2D eigenvalue weighted by atomic mass is 35.5. The van der Waals surface area contributed by atoms with Gasteiger partial charge in [-0.15, -0.1) is 0 Å². The molecule has 0 unspecified atom stereocenters. The van der Waals surface area contributed by atoms with E-state index in [0.717, 1.165) is 0 Å². The largest absolute Gasteiger partial charge is 0.493 e. The molecule has 0 spiro atoms. The van der Waals surface area contributed by atoms with Crippen molar-refractivity contribution in [2.24, 2.45) is 0 Å². The summed E-state index contributed by atoms with van der Waals surface area (Å²) in [6, 6.07) is 7.59. The molecule has 3 rings (SSSR count). The van der Waals surface area contributed by atoms with Crippen molar-refractivity contribution in [3.05, 3.63) is 47.5 Å². The van der Waals surface area contributed by atoms with Crippen LogP contribution in [0.1, 0.15) is 0 Å². The van der Waals surface area contributed by atoms with Crippen LogP contribution in [-0.4, -0.2) is 69.5 Å². The lowest BCUT2D eigenvalue weighted by Crippen LogP contribution is -2.34. The first kappa shape index (κ1) is 24.9. The number of hydrogen-bond acceptors (Lipinski definition) is 8. The minimum absolute atomic E-state index is 0.0940. The predicted octanol–water partition coefficient (Wildman–Crippen LogP) is 3.46. The van der Waals surface area contributed by atoms with Crippen LogP contribution in [-0.2, 0) is 14.8 Å². The number of likely N-dealkylation sites (N-methyl/N-ethyl adjacent to an activating group) is 1. The van der Waals surface area contributed by atoms with Crippen molar-refractivity contribution in [1.82, 2.24) is 14.3 Å². The molecular weight excluding hydrogens is 475 g/mol. The summed E-state index contributed by atoms with van der Waals surface area (Å²) in [6.07, 6.45) is 1.34. The molecule has 1 heterocycles. The van der Waals surface area contributed by atoms with Gasteiger partial charge in [0.25, 0.3) is 0 Å². The minimum Gasteiger partial charge on any atom is -0.493 e. The van der Waals surface area contributed by atoms with Crippen LogP contribution >= 0.6 is 11.6 Å². The van der Waals surface area contributed by atoms with Crippen molar-refractivity contribution in [2.75, 3.05) is 52.1 Å². The molecule has 3 aromatic rings. The number of nitrogens with one attached hydrogen (secondary N) is 1. The van der Waals surface area contributed by atoms with Gasteiger partial charge in [-0.2, -0.15) is 0 Å². The molecule has 12 heteroatoms. The van der Waals surface area contributed by atoms with E-state index in [4.69, 9.17) is 25.8 Å². The average Bonchev–Trinajstić information content (AvgIpc) is 2.79. The maximum atomic E-state index is 14.2. The number of sulfonamides is 1. The second-order valence-corrected chi connectivity index (χ2v) is 9.60. The fourth-order valence-corrected chi connectivity index (χ4v) is 4.12. The van der Waals surface area contributed by atoms with Crippen LogP contribution in [0.4, 0.5) is 15.9 Å². The van der Waals surface area contributed by atoms with Gasteiger partial charge >= 0.3 is 0 Å². The Kier molecular flexibility index (Phi) is 8.25. The van der Waals surface area contributed by atoms with Crippen LogP contribution < -0.4 is 14.8 Å². The first-order valence-corrected chi connectivity index (χ1v) is 11.8. The molecule has 1 N–H and O–H groups in total. The van der Waals surface area contributed by atoms with Gasteiger partial charge in [0.15, 0.2) is 11.5 Å². The minimum atomic E-state index is -3.44. The second-order valence-electron chi connectivity index (χ2n) is 6.97. The third-order valence-corrected chi connectivity index (χ3v) is 6.84. The third-order valence-electron chi connectivity index (χ3n) is 4.79. The molecule has 2 aromatic carbocycles. The third kappa shape index (κ3) is 6.20. The van der Waals surface area contributed by atoms with E-state index in [-0.39, 0.29) is 36.2 Å². The van der Waals surface area contributed by atoms with E-state index >= 15 is 0 Å². The summed E-state index contributed by atoms with van der Waals surface area (Å²) in [5, 5.41) is 3.80. The van der Waals surface area contributed by atoms with Crippen molar-refractivity contribution in [2.45, 2.75) is 0 Å². The van der Waals surface area contributed by atoms with Crippen molar-refractivity contribution >= 4 is 44.0 Å². The molecule has 178 valence electrons. The summed E-state index contributed by atoms with van der Waals surface area (Å²) in [5.41, 5.74) is 0.732. The van der Waals surface area contributed by atoms with E-state index < -0.39 is 15.8 Å². The van der Waals surface area contributed by atoms with Gasteiger partial charge in [0.2, 0.25) is 10.0 Å². The number of benzene rings is 2. The fourth-order valence-electron chi connectivity index (χ4n) is 2.92. The zero-order valence-electron chi connectivity index (χ0n) is 18.3. The van der Waals surface area contributed by atoms with Crippen LogP contribution in [0.3, 0.4) is 0 Å². The van der Waals surface area contributed by atoms with Gasteiger partial charge in [0.1, 0.15) is 24.6 Å². The Morgan fingerprint density at radius 3 is 2.61 bits per heavy atom. The van der Waals surface area contributed by atoms with Gasteiger partial charge in [-0.05, 0) is 24.3 Å². The van der Waals surface area contributed by atoms with Crippen LogP contribution in [0.15, 0.2) is 36.7 Å². The van der Waals surface area contributed by atoms with Crippen LogP contribution in [0.5, 0.6) is 11.5 Å². The monoisotopic (exact) mass is 498 g/mol. The summed E-state index contributed by atoms with van der Waals surface area (Å²) < 4.78 is 55.8. The number of aromatic nitrogens is 2. The van der Waals surface area contributed by atoms with Gasteiger partial charge in [0.05, 0.1) is 30.7 Å². The number of nitrogens with zero attached hydrogens (tertiary/aromatic N) is 3. The Morgan fingerprint density at radius 1 is 1.12 bits per heavy atom. The van der Waals surface area contributed by atoms with Crippen molar-refractivity contribution in [3.8, 4) is 11.5 Å². The Balaban J connectivity index is 1.79. The lowest BCUT2D eigenvalue weighted by atomic mass is 10.2. The zero-order valence-corrected chi connectivity index (χ0v) is 19.9. The normalized spacial score (nSPS) is 11.7. The Hall–Kier alpha value is -2.73. The van der Waals surface area contributed by atoms with Crippen molar-refractivity contribution in [1.29, 1.82) is 0 Å². The highest BCUT2D eigenvalue weighted by Crippen LogP contribution is 2.35. The Labute approximate surface area is 196 Å². The number of halogens is 2. The number of hydrogen-bond donors (Lipinski definition) is 1. The summed E-state index contributed by atoms with van der Waals surface area (Å²) in [4.78, 5) is 8.46. The molecule has 0 aliphatic heterocycles. The van der Waals surface area contributed by atoms with E-state index in [2.05, 4.69) is 15.3 Å². The smallest absolute Gasteiger partial charge is 0.216 e. The molecule has 0 radical (unpaired) electrons. The predicted molar refractivity (Wildman–Crippen MR) is 125 cm³/mol. The number of methoxy groups -OCH3 is 2. The molecule has 0 saturated carbocycles. The Morgan fingerprint density at radius 2 is 1.91 bits per heavy atom. The van der Waals surface area contributed by atoms with Crippen LogP contribution in [0, 0.1) is 5.82 Å². The zero-order chi connectivity index (χ0) is 24.0. The van der Waals surface area contributed by atoms with Gasteiger partial charge in [-0.1, -0.05) is 11.6 Å². The lowest BCUT2D eigenvalue weighted by molar-refractivity contribution is 0.215. The highest BCUT2D eigenvalue weighted by molar-refractivity contribution is 7.89. The lowest BCUT2D eigenvalue weighted by Gasteiger charge is -2.18. The molecule has 1 aromatic heterocycles. The van der Waals surface area contributed by atoms with Gasteiger partial charge in [-0.3, -0.25) is 0 Å². The number of fused-ring (bicyclic) bond motifs is 1. The van der Waals surface area contributed by atoms with E-state index in [1.807, 2.05) is 0 Å². The second kappa shape index (κ2) is 10.9. The molecule has 0 aliphatic rings. The quantitative estimate of drug-likeness (QED) is 0.429. The average molecular weight is 499 g/mol. The van der Waals surface area contributed by atoms with E-state index in [1.54, 1.807) is 18.2 Å². The summed E-state index contributed by atoms with van der Waals surface area (Å²) in [7, 11) is 0.962. The number of rotatable bonds is 11. The van der Waals surface area contributed by atoms with E-state index in [1.165, 1.54) is 44.0 Å². The van der Waals surface area contributed by atoms with Gasteiger partial charge in [0, 0.05) is 37.2 Å². The van der Waals surface area contributed by atoms with Crippen LogP contribution in [0.25, 0.3) is 10.9 Å². The molecule has 0 fully saturated rings. The van der Waals surface area contributed by atoms with E-state index in [9.17, 15) is 12.8 Å². The molecule has 0 atom stereocenters. The molecule has 9 nitrogen and oxygen atoms in total. The van der Waals surface area contributed by atoms with E-state index in [0.29, 0.717) is 28.2 Å². The maximum absolute atomic E-state index is 14.2. The van der Waals surface area contributed by atoms with Crippen molar-refractivity contribution in [3.63, 3.8) is 0 Å². The summed E-state index contributed by atoms with van der Waals surface area (Å²) in [6.45, 7) is 0.346. The molecule has 0 saturated heterocycles. The highest BCUT2D eigenvalue weighted by Gasteiger charge is 2.18. The topological polar surface area (TPSA) is 103 Å². The molecule has 0 amide bonds. The fraction of sp³-hybridized carbons (Fsp3) is 0.333. The van der Waals surface area contributed by atoms with Gasteiger partial charge < -0.3 is 19.5 Å². The molecule has 0 aliphatic carbocycles. The molecule has 0 bridgehead atoms. The first-order valence-electron chi connectivity index (χ1n) is 9.85. The first-order chi connectivity index (χ1) is 15.7. The standard InChI is InChI=1S/C21H24ClFN4O5S/c1-27(33(28,29)9-8-30-2)6-7-32-20-12-18-15(11-19(20)31-3)21(25-13-24-18)26-17-5-4-14(22)10-16(17)23/h4-5,10-13H,6-9H2,1-3H3,(H,24,25,26). The SMILES string of the molecule is COCCS(=O)(=O)N(C)CCOc1cc2ncnc(Nc3ccc(Cl)cc3F)c2cc1OC. The molecular formula is C21H24ClFN4O5S. The van der Waals surface area contributed by atoms with Gasteiger partial charge in [-0.25, -0.2) is 27.1 Å².